The van der Waals surface area contributed by atoms with Crippen LogP contribution in [0.2, 0.25) is 0 Å². The molecule has 0 spiro atoms. The number of hydrogen-bond donors (Lipinski definition) is 2. The first-order valence-electron chi connectivity index (χ1n) is 7.68. The average molecular weight is 312 g/mol. The van der Waals surface area contributed by atoms with E-state index in [1.54, 1.807) is 12.4 Å². The number of nitrogens with zero attached hydrogens (tertiary/aromatic N) is 2. The molecule has 0 atom stereocenters. The molecule has 0 aliphatic heterocycles. The number of aryl methyl sites for hydroxylation is 2. The van der Waals surface area contributed by atoms with E-state index in [1.807, 2.05) is 52.2 Å². The van der Waals surface area contributed by atoms with Crippen molar-refractivity contribution in [1.82, 2.24) is 9.88 Å². The molecule has 0 radical (unpaired) electrons. The summed E-state index contributed by atoms with van der Waals surface area (Å²) in [6.45, 7) is 5.70. The van der Waals surface area contributed by atoms with Crippen LogP contribution in [0.25, 0.3) is 0 Å². The zero-order valence-electron chi connectivity index (χ0n) is 14.2. The highest BCUT2D eigenvalue weighted by Gasteiger charge is 2.09. The fourth-order valence-corrected chi connectivity index (χ4v) is 2.15. The van der Waals surface area contributed by atoms with E-state index in [9.17, 15) is 4.79 Å². The fourth-order valence-electron chi connectivity index (χ4n) is 2.15. The summed E-state index contributed by atoms with van der Waals surface area (Å²) in [5.74, 6) is -0.151. The van der Waals surface area contributed by atoms with Crippen LogP contribution in [0.4, 0.5) is 11.4 Å². The van der Waals surface area contributed by atoms with Gasteiger partial charge in [0.1, 0.15) is 0 Å². The van der Waals surface area contributed by atoms with Crippen molar-refractivity contribution in [3.63, 3.8) is 0 Å². The zero-order valence-corrected chi connectivity index (χ0v) is 14.2. The molecule has 0 aliphatic rings. The third kappa shape index (κ3) is 5.07. The molecule has 0 saturated heterocycles. The SMILES string of the molecule is Cc1ccc(C)c(NC(=O)c2cncc(NCCN(C)C)c2)c1. The Labute approximate surface area is 137 Å². The summed E-state index contributed by atoms with van der Waals surface area (Å²) in [6.07, 6.45) is 3.31. The number of likely N-dealkylation sites (N-methyl/N-ethyl adjacent to an activating group) is 1. The third-order valence-electron chi connectivity index (χ3n) is 3.53. The molecule has 1 aromatic heterocycles. The van der Waals surface area contributed by atoms with Gasteiger partial charge in [-0.05, 0) is 51.2 Å². The molecule has 1 heterocycles. The molecule has 5 nitrogen and oxygen atoms in total. The first-order valence-corrected chi connectivity index (χ1v) is 7.68. The molecule has 2 N–H and O–H groups in total. The Bertz CT molecular complexity index is 682. The van der Waals surface area contributed by atoms with Gasteiger partial charge in [-0.1, -0.05) is 12.1 Å². The summed E-state index contributed by atoms with van der Waals surface area (Å²) in [6, 6.07) is 7.83. The van der Waals surface area contributed by atoms with Crippen LogP contribution in [0.1, 0.15) is 21.5 Å². The van der Waals surface area contributed by atoms with Gasteiger partial charge < -0.3 is 15.5 Å². The van der Waals surface area contributed by atoms with Gasteiger partial charge in [0, 0.05) is 31.2 Å². The van der Waals surface area contributed by atoms with E-state index in [0.717, 1.165) is 35.6 Å². The van der Waals surface area contributed by atoms with E-state index in [-0.39, 0.29) is 5.91 Å². The van der Waals surface area contributed by atoms with Crippen LogP contribution in [-0.4, -0.2) is 43.0 Å². The second kappa shape index (κ2) is 7.74. The van der Waals surface area contributed by atoms with Gasteiger partial charge in [-0.2, -0.15) is 0 Å². The molecule has 0 saturated carbocycles. The largest absolute Gasteiger partial charge is 0.382 e. The summed E-state index contributed by atoms with van der Waals surface area (Å²) in [7, 11) is 4.04. The first kappa shape index (κ1) is 17.0. The zero-order chi connectivity index (χ0) is 16.8. The van der Waals surface area contributed by atoms with Crippen molar-refractivity contribution in [3.8, 4) is 0 Å². The number of nitrogens with one attached hydrogen (secondary N) is 2. The highest BCUT2D eigenvalue weighted by molar-refractivity contribution is 6.05. The molecule has 2 aromatic rings. The maximum atomic E-state index is 12.4. The number of carbonyl (C=O) groups is 1. The standard InChI is InChI=1S/C18H24N4O/c1-13-5-6-14(2)17(9-13)21-18(23)15-10-16(12-19-11-15)20-7-8-22(3)4/h5-6,9-12,20H,7-8H2,1-4H3,(H,21,23). The van der Waals surface area contributed by atoms with Crippen molar-refractivity contribution in [2.75, 3.05) is 37.8 Å². The van der Waals surface area contributed by atoms with Gasteiger partial charge in [0.2, 0.25) is 0 Å². The second-order valence-electron chi connectivity index (χ2n) is 5.96. The Balaban J connectivity index is 2.06. The van der Waals surface area contributed by atoms with Crippen molar-refractivity contribution in [2.45, 2.75) is 13.8 Å². The van der Waals surface area contributed by atoms with E-state index in [1.165, 1.54) is 0 Å². The topological polar surface area (TPSA) is 57.3 Å². The van der Waals surface area contributed by atoms with E-state index >= 15 is 0 Å². The number of benzene rings is 1. The Kier molecular flexibility index (Phi) is 5.71. The van der Waals surface area contributed by atoms with Gasteiger partial charge in [0.15, 0.2) is 0 Å². The second-order valence-corrected chi connectivity index (χ2v) is 5.96. The average Bonchev–Trinajstić information content (AvgIpc) is 2.51. The highest BCUT2D eigenvalue weighted by atomic mass is 16.1. The molecule has 1 amide bonds. The Hall–Kier alpha value is -2.40. The van der Waals surface area contributed by atoms with Crippen LogP contribution in [-0.2, 0) is 0 Å². The summed E-state index contributed by atoms with van der Waals surface area (Å²) in [5, 5.41) is 6.23. The molecular formula is C18H24N4O. The minimum Gasteiger partial charge on any atom is -0.382 e. The number of amides is 1. The maximum absolute atomic E-state index is 12.4. The maximum Gasteiger partial charge on any atom is 0.257 e. The number of anilines is 2. The Morgan fingerprint density at radius 2 is 1.96 bits per heavy atom. The van der Waals surface area contributed by atoms with Crippen LogP contribution < -0.4 is 10.6 Å². The summed E-state index contributed by atoms with van der Waals surface area (Å²) in [5.41, 5.74) is 4.38. The smallest absolute Gasteiger partial charge is 0.257 e. The number of rotatable bonds is 6. The highest BCUT2D eigenvalue weighted by Crippen LogP contribution is 2.18. The minimum absolute atomic E-state index is 0.151. The molecule has 0 bridgehead atoms. The van der Waals surface area contributed by atoms with Crippen LogP contribution in [0, 0.1) is 13.8 Å². The summed E-state index contributed by atoms with van der Waals surface area (Å²) in [4.78, 5) is 18.7. The number of carbonyl (C=O) groups excluding carboxylic acids is 1. The lowest BCUT2D eigenvalue weighted by Crippen LogP contribution is -2.21. The molecule has 5 heteroatoms. The van der Waals surface area contributed by atoms with Crippen LogP contribution >= 0.6 is 0 Å². The Morgan fingerprint density at radius 1 is 1.17 bits per heavy atom. The number of pyridine rings is 1. The summed E-state index contributed by atoms with van der Waals surface area (Å²) < 4.78 is 0. The molecule has 23 heavy (non-hydrogen) atoms. The monoisotopic (exact) mass is 312 g/mol. The normalized spacial score (nSPS) is 10.7. The lowest BCUT2D eigenvalue weighted by atomic mass is 10.1. The fraction of sp³-hybridized carbons (Fsp3) is 0.333. The predicted molar refractivity (Wildman–Crippen MR) is 95.1 cm³/mol. The van der Waals surface area contributed by atoms with Gasteiger partial charge in [0.05, 0.1) is 11.3 Å². The van der Waals surface area contributed by atoms with Crippen molar-refractivity contribution in [3.05, 3.63) is 53.3 Å². The van der Waals surface area contributed by atoms with Gasteiger partial charge in [-0.15, -0.1) is 0 Å². The van der Waals surface area contributed by atoms with E-state index < -0.39 is 0 Å². The molecule has 122 valence electrons. The summed E-state index contributed by atoms with van der Waals surface area (Å²) >= 11 is 0. The third-order valence-corrected chi connectivity index (χ3v) is 3.53. The van der Waals surface area contributed by atoms with Gasteiger partial charge in [-0.25, -0.2) is 0 Å². The van der Waals surface area contributed by atoms with Crippen molar-refractivity contribution in [2.24, 2.45) is 0 Å². The van der Waals surface area contributed by atoms with E-state index in [0.29, 0.717) is 5.56 Å². The molecule has 1 aromatic carbocycles. The van der Waals surface area contributed by atoms with Crippen molar-refractivity contribution >= 4 is 17.3 Å². The van der Waals surface area contributed by atoms with Crippen molar-refractivity contribution < 1.29 is 4.79 Å². The van der Waals surface area contributed by atoms with E-state index in [4.69, 9.17) is 0 Å². The predicted octanol–water partition coefficient (Wildman–Crippen LogP) is 2.92. The van der Waals surface area contributed by atoms with Crippen molar-refractivity contribution in [1.29, 1.82) is 0 Å². The molecule has 0 aliphatic carbocycles. The quantitative estimate of drug-likeness (QED) is 0.861. The first-order chi connectivity index (χ1) is 11.0. The van der Waals surface area contributed by atoms with E-state index in [2.05, 4.69) is 20.5 Å². The Morgan fingerprint density at radius 3 is 2.70 bits per heavy atom. The van der Waals surface area contributed by atoms with Gasteiger partial charge in [-0.3, -0.25) is 9.78 Å². The van der Waals surface area contributed by atoms with Crippen LogP contribution in [0.5, 0.6) is 0 Å². The number of hydrogen-bond acceptors (Lipinski definition) is 4. The molecule has 0 fully saturated rings. The minimum atomic E-state index is -0.151. The number of aromatic nitrogens is 1. The van der Waals surface area contributed by atoms with Crippen LogP contribution in [0.15, 0.2) is 36.7 Å². The lowest BCUT2D eigenvalue weighted by Gasteiger charge is -2.12. The van der Waals surface area contributed by atoms with Gasteiger partial charge in [0.25, 0.3) is 5.91 Å². The molecular weight excluding hydrogens is 288 g/mol. The lowest BCUT2D eigenvalue weighted by molar-refractivity contribution is 0.102. The van der Waals surface area contributed by atoms with Crippen LogP contribution in [0.3, 0.4) is 0 Å². The molecule has 2 rings (SSSR count). The molecule has 0 unspecified atom stereocenters. The van der Waals surface area contributed by atoms with Gasteiger partial charge >= 0.3 is 0 Å².